The van der Waals surface area contributed by atoms with Crippen molar-refractivity contribution in [3.05, 3.63) is 58.5 Å². The highest BCUT2D eigenvalue weighted by molar-refractivity contribution is 5.77. The minimum Gasteiger partial charge on any atom is -0.340 e. The number of pyridine rings is 1. The van der Waals surface area contributed by atoms with Crippen LogP contribution in [0.1, 0.15) is 63.0 Å². The largest absolute Gasteiger partial charge is 0.340 e. The van der Waals surface area contributed by atoms with Crippen LogP contribution < -0.4 is 11.4 Å². The number of imidazole rings is 2. The van der Waals surface area contributed by atoms with Crippen molar-refractivity contribution in [2.24, 2.45) is 11.7 Å². The Morgan fingerprint density at radius 2 is 2.03 bits per heavy atom. The van der Waals surface area contributed by atoms with E-state index in [1.165, 1.54) is 0 Å². The Morgan fingerprint density at radius 1 is 1.20 bits per heavy atom. The Balaban J connectivity index is 1.69. The summed E-state index contributed by atoms with van der Waals surface area (Å²) in [7, 11) is 0. The predicted octanol–water partition coefficient (Wildman–Crippen LogP) is 3.89. The van der Waals surface area contributed by atoms with Gasteiger partial charge >= 0.3 is 5.69 Å². The predicted molar refractivity (Wildman–Crippen MR) is 118 cm³/mol. The summed E-state index contributed by atoms with van der Waals surface area (Å²) in [5.74, 6) is 1.35. The number of nitrogens with zero attached hydrogens (tertiary/aromatic N) is 4. The summed E-state index contributed by atoms with van der Waals surface area (Å²) in [5, 5.41) is 0. The van der Waals surface area contributed by atoms with Gasteiger partial charge in [-0.05, 0) is 55.4 Å². The number of nitrogens with one attached hydrogen (secondary N) is 1. The maximum Gasteiger partial charge on any atom is 0.330 e. The van der Waals surface area contributed by atoms with Crippen LogP contribution >= 0.6 is 0 Å². The molecule has 7 heteroatoms. The molecule has 1 fully saturated rings. The average Bonchev–Trinajstić information content (AvgIpc) is 3.41. The first-order valence-electron chi connectivity index (χ1n) is 10.8. The summed E-state index contributed by atoms with van der Waals surface area (Å²) < 4.78 is 3.86. The normalized spacial score (nSPS) is 15.5. The molecule has 4 aromatic rings. The zero-order valence-corrected chi connectivity index (χ0v) is 17.5. The van der Waals surface area contributed by atoms with Crippen LogP contribution in [-0.2, 0) is 6.54 Å². The first kappa shape index (κ1) is 19.1. The number of aromatic nitrogens is 5. The Kier molecular flexibility index (Phi) is 4.70. The van der Waals surface area contributed by atoms with Crippen LogP contribution in [0.3, 0.4) is 0 Å². The van der Waals surface area contributed by atoms with E-state index in [2.05, 4.69) is 23.8 Å². The second-order valence-corrected chi connectivity index (χ2v) is 8.78. The summed E-state index contributed by atoms with van der Waals surface area (Å²) in [6.45, 7) is 4.90. The van der Waals surface area contributed by atoms with Crippen molar-refractivity contribution in [3.63, 3.8) is 0 Å². The number of fused-ring (bicyclic) bond motifs is 2. The molecule has 1 atom stereocenters. The molecule has 5 rings (SSSR count). The van der Waals surface area contributed by atoms with Gasteiger partial charge in [-0.2, -0.15) is 0 Å². The van der Waals surface area contributed by atoms with Crippen molar-refractivity contribution in [2.45, 2.75) is 58.2 Å². The van der Waals surface area contributed by atoms with E-state index >= 15 is 0 Å². The molecule has 7 nitrogen and oxygen atoms in total. The fourth-order valence-corrected chi connectivity index (χ4v) is 4.31. The van der Waals surface area contributed by atoms with Gasteiger partial charge in [0.1, 0.15) is 5.82 Å². The molecule has 0 radical (unpaired) electrons. The molecule has 3 N–H and O–H groups in total. The Morgan fingerprint density at radius 3 is 2.77 bits per heavy atom. The molecule has 1 aliphatic rings. The van der Waals surface area contributed by atoms with Crippen LogP contribution in [0.15, 0.2) is 41.5 Å². The van der Waals surface area contributed by atoms with Crippen molar-refractivity contribution in [3.8, 4) is 0 Å². The second kappa shape index (κ2) is 7.40. The Hall–Kier alpha value is -2.93. The molecule has 30 heavy (non-hydrogen) atoms. The third-order valence-corrected chi connectivity index (χ3v) is 6.07. The molecule has 0 amide bonds. The summed E-state index contributed by atoms with van der Waals surface area (Å²) in [6.07, 6.45) is 7.53. The highest BCUT2D eigenvalue weighted by Crippen LogP contribution is 2.37. The average molecular weight is 405 g/mol. The zero-order chi connectivity index (χ0) is 20.8. The van der Waals surface area contributed by atoms with Crippen molar-refractivity contribution >= 4 is 22.1 Å². The number of aromatic amines is 1. The minimum absolute atomic E-state index is 0.0392. The third-order valence-electron chi connectivity index (χ3n) is 6.07. The highest BCUT2D eigenvalue weighted by atomic mass is 16.2. The van der Waals surface area contributed by atoms with E-state index in [0.717, 1.165) is 59.1 Å². The van der Waals surface area contributed by atoms with E-state index in [1.54, 1.807) is 6.20 Å². The SMILES string of the molecule is CC(C)CCC(c1nc2cc(CN)ccc2[nH]1)n1c(=O)n(C2CC2)c2ccncc21. The molecule has 0 saturated heterocycles. The summed E-state index contributed by atoms with van der Waals surface area (Å²) >= 11 is 0. The second-order valence-electron chi connectivity index (χ2n) is 8.78. The van der Waals surface area contributed by atoms with Crippen molar-refractivity contribution < 1.29 is 0 Å². The Labute approximate surface area is 174 Å². The third kappa shape index (κ3) is 3.23. The number of nitrogens with two attached hydrogens (primary N) is 1. The van der Waals surface area contributed by atoms with Crippen molar-refractivity contribution in [1.29, 1.82) is 0 Å². The minimum atomic E-state index is -0.166. The van der Waals surface area contributed by atoms with Gasteiger partial charge in [0.25, 0.3) is 0 Å². The van der Waals surface area contributed by atoms with Gasteiger partial charge in [0.15, 0.2) is 0 Å². The maximum absolute atomic E-state index is 13.6. The monoisotopic (exact) mass is 404 g/mol. The lowest BCUT2D eigenvalue weighted by Gasteiger charge is -2.18. The molecule has 1 aromatic carbocycles. The van der Waals surface area contributed by atoms with E-state index in [1.807, 2.05) is 39.6 Å². The molecule has 0 spiro atoms. The van der Waals surface area contributed by atoms with E-state index in [9.17, 15) is 4.79 Å². The summed E-state index contributed by atoms with van der Waals surface area (Å²) in [5.41, 5.74) is 10.6. The molecule has 1 unspecified atom stereocenters. The van der Waals surface area contributed by atoms with Gasteiger partial charge < -0.3 is 10.7 Å². The quantitative estimate of drug-likeness (QED) is 0.488. The van der Waals surface area contributed by atoms with Crippen molar-refractivity contribution in [1.82, 2.24) is 24.1 Å². The lowest BCUT2D eigenvalue weighted by Crippen LogP contribution is -2.28. The first-order chi connectivity index (χ1) is 14.6. The molecular formula is C23H28N6O. The standard InChI is InChI=1S/C23H28N6O/c1-14(2)3-8-20(22-26-17-7-4-15(12-24)11-18(17)27-22)29-21-13-25-10-9-19(21)28(23(29)30)16-5-6-16/h4,7,9-11,13-14,16,20H,3,5-6,8,12,24H2,1-2H3,(H,26,27). The fourth-order valence-electron chi connectivity index (χ4n) is 4.31. The number of hydrogen-bond donors (Lipinski definition) is 2. The lowest BCUT2D eigenvalue weighted by molar-refractivity contribution is 0.442. The Bertz CT molecular complexity index is 1260. The number of rotatable bonds is 7. The molecule has 1 aliphatic carbocycles. The number of hydrogen-bond acceptors (Lipinski definition) is 4. The summed E-state index contributed by atoms with van der Waals surface area (Å²) in [4.78, 5) is 26.3. The van der Waals surface area contributed by atoms with E-state index in [4.69, 9.17) is 10.7 Å². The van der Waals surface area contributed by atoms with E-state index in [-0.39, 0.29) is 11.7 Å². The smallest absolute Gasteiger partial charge is 0.330 e. The van der Waals surface area contributed by atoms with Gasteiger partial charge in [-0.15, -0.1) is 0 Å². The summed E-state index contributed by atoms with van der Waals surface area (Å²) in [6, 6.07) is 8.15. The van der Waals surface area contributed by atoms with Gasteiger partial charge in [0.2, 0.25) is 0 Å². The van der Waals surface area contributed by atoms with Gasteiger partial charge in [0, 0.05) is 18.8 Å². The van der Waals surface area contributed by atoms with Gasteiger partial charge in [-0.25, -0.2) is 9.78 Å². The van der Waals surface area contributed by atoms with Crippen molar-refractivity contribution in [2.75, 3.05) is 0 Å². The topological polar surface area (TPSA) is 94.5 Å². The molecule has 3 aromatic heterocycles. The fraction of sp³-hybridized carbons (Fsp3) is 0.435. The van der Waals surface area contributed by atoms with Gasteiger partial charge in [-0.1, -0.05) is 19.9 Å². The number of benzene rings is 1. The lowest BCUT2D eigenvalue weighted by atomic mass is 10.0. The van der Waals surface area contributed by atoms with Crippen LogP contribution in [0.2, 0.25) is 0 Å². The molecular weight excluding hydrogens is 376 g/mol. The molecule has 0 aliphatic heterocycles. The van der Waals surface area contributed by atoms with Gasteiger partial charge in [0.05, 0.1) is 34.3 Å². The highest BCUT2D eigenvalue weighted by Gasteiger charge is 2.31. The van der Waals surface area contributed by atoms with Crippen LogP contribution in [0, 0.1) is 5.92 Å². The molecule has 1 saturated carbocycles. The van der Waals surface area contributed by atoms with E-state index in [0.29, 0.717) is 18.5 Å². The first-order valence-corrected chi connectivity index (χ1v) is 10.8. The van der Waals surface area contributed by atoms with Crippen LogP contribution in [0.4, 0.5) is 0 Å². The molecule has 156 valence electrons. The number of H-pyrrole nitrogens is 1. The maximum atomic E-state index is 13.6. The van der Waals surface area contributed by atoms with Crippen LogP contribution in [0.5, 0.6) is 0 Å². The molecule has 0 bridgehead atoms. The van der Waals surface area contributed by atoms with Gasteiger partial charge in [-0.3, -0.25) is 14.1 Å². The van der Waals surface area contributed by atoms with Crippen LogP contribution in [-0.4, -0.2) is 24.1 Å². The van der Waals surface area contributed by atoms with Crippen LogP contribution in [0.25, 0.3) is 22.1 Å². The van der Waals surface area contributed by atoms with E-state index < -0.39 is 0 Å². The zero-order valence-electron chi connectivity index (χ0n) is 17.5. The molecule has 3 heterocycles.